The van der Waals surface area contributed by atoms with Gasteiger partial charge in [-0.2, -0.15) is 0 Å². The third-order valence-corrected chi connectivity index (χ3v) is 4.20. The molecule has 1 amide bonds. The summed E-state index contributed by atoms with van der Waals surface area (Å²) in [5.74, 6) is -0.692. The van der Waals surface area contributed by atoms with Crippen molar-refractivity contribution in [1.29, 1.82) is 0 Å². The summed E-state index contributed by atoms with van der Waals surface area (Å²) in [7, 11) is 1.18. The lowest BCUT2D eigenvalue weighted by Crippen LogP contribution is -2.31. The molecule has 0 aromatic heterocycles. The summed E-state index contributed by atoms with van der Waals surface area (Å²) >= 11 is 6.04. The van der Waals surface area contributed by atoms with Crippen LogP contribution in [0, 0.1) is 10.1 Å². The van der Waals surface area contributed by atoms with Gasteiger partial charge in [0.1, 0.15) is 5.69 Å². The standard InChI is InChI=1S/C15H18ClN3O5/c1-3-14(20)18-5-4-9(8-18)17-12-7-11(16)10(15(21)24-2)6-13(12)19(22)23/h6-7,9,17H,3-5,8H2,1-2H3. The van der Waals surface area contributed by atoms with Crippen LogP contribution in [0.4, 0.5) is 11.4 Å². The topological polar surface area (TPSA) is 102 Å². The largest absolute Gasteiger partial charge is 0.465 e. The van der Waals surface area contributed by atoms with E-state index in [1.807, 2.05) is 0 Å². The van der Waals surface area contributed by atoms with Crippen LogP contribution in [0.3, 0.4) is 0 Å². The van der Waals surface area contributed by atoms with Gasteiger partial charge in [-0.3, -0.25) is 14.9 Å². The third-order valence-electron chi connectivity index (χ3n) is 3.89. The van der Waals surface area contributed by atoms with E-state index in [0.29, 0.717) is 25.9 Å². The summed E-state index contributed by atoms with van der Waals surface area (Å²) in [6.45, 7) is 2.87. The van der Waals surface area contributed by atoms with E-state index in [4.69, 9.17) is 11.6 Å². The Hall–Kier alpha value is -2.35. The Balaban J connectivity index is 2.24. The molecular formula is C15H18ClN3O5. The number of halogens is 1. The number of nitro groups is 1. The maximum atomic E-state index is 11.7. The summed E-state index contributed by atoms with van der Waals surface area (Å²) in [5, 5.41) is 14.4. The smallest absolute Gasteiger partial charge is 0.339 e. The number of methoxy groups -OCH3 is 1. The molecule has 0 saturated carbocycles. The average molecular weight is 356 g/mol. The van der Waals surface area contributed by atoms with Crippen molar-refractivity contribution in [2.45, 2.75) is 25.8 Å². The van der Waals surface area contributed by atoms with Crippen molar-refractivity contribution < 1.29 is 19.2 Å². The number of hydrogen-bond donors (Lipinski definition) is 1. The van der Waals surface area contributed by atoms with Crippen molar-refractivity contribution in [1.82, 2.24) is 4.90 Å². The minimum Gasteiger partial charge on any atom is -0.465 e. The van der Waals surface area contributed by atoms with Crippen LogP contribution in [0.15, 0.2) is 12.1 Å². The number of amides is 1. The SMILES string of the molecule is CCC(=O)N1CCC(Nc2cc(Cl)c(C(=O)OC)cc2[N+](=O)[O-])C1. The van der Waals surface area contributed by atoms with Gasteiger partial charge in [0.2, 0.25) is 5.91 Å². The molecule has 1 aromatic rings. The summed E-state index contributed by atoms with van der Waals surface area (Å²) in [6.07, 6.45) is 1.10. The van der Waals surface area contributed by atoms with Crippen molar-refractivity contribution in [3.8, 4) is 0 Å². The molecule has 0 bridgehead atoms. The van der Waals surface area contributed by atoms with Gasteiger partial charge in [-0.05, 0) is 12.5 Å². The summed E-state index contributed by atoms with van der Waals surface area (Å²) < 4.78 is 4.57. The maximum absolute atomic E-state index is 11.7. The number of nitrogens with zero attached hydrogens (tertiary/aromatic N) is 2. The van der Waals surface area contributed by atoms with Crippen molar-refractivity contribution >= 4 is 34.9 Å². The lowest BCUT2D eigenvalue weighted by atomic mass is 10.1. The van der Waals surface area contributed by atoms with Gasteiger partial charge < -0.3 is 15.0 Å². The van der Waals surface area contributed by atoms with Crippen molar-refractivity contribution in [3.05, 3.63) is 32.8 Å². The van der Waals surface area contributed by atoms with E-state index in [1.54, 1.807) is 11.8 Å². The number of carbonyl (C=O) groups excluding carboxylic acids is 2. The molecule has 1 unspecified atom stereocenters. The zero-order valence-corrected chi connectivity index (χ0v) is 14.1. The Morgan fingerprint density at radius 3 is 2.79 bits per heavy atom. The minimum atomic E-state index is -0.741. The molecule has 1 saturated heterocycles. The highest BCUT2D eigenvalue weighted by Gasteiger charge is 2.28. The molecule has 1 N–H and O–H groups in total. The molecule has 9 heteroatoms. The number of likely N-dealkylation sites (tertiary alicyclic amines) is 1. The number of ether oxygens (including phenoxy) is 1. The van der Waals surface area contributed by atoms with Crippen LogP contribution in [0.5, 0.6) is 0 Å². The lowest BCUT2D eigenvalue weighted by molar-refractivity contribution is -0.384. The number of nitro benzene ring substituents is 1. The van der Waals surface area contributed by atoms with E-state index in [1.165, 1.54) is 13.2 Å². The Morgan fingerprint density at radius 2 is 2.21 bits per heavy atom. The summed E-state index contributed by atoms with van der Waals surface area (Å²) in [4.78, 5) is 35.8. The first-order valence-corrected chi connectivity index (χ1v) is 7.85. The molecule has 0 spiro atoms. The fraction of sp³-hybridized carbons (Fsp3) is 0.467. The fourth-order valence-corrected chi connectivity index (χ4v) is 2.88. The van der Waals surface area contributed by atoms with Gasteiger partial charge in [-0.1, -0.05) is 18.5 Å². The lowest BCUT2D eigenvalue weighted by Gasteiger charge is -2.17. The molecular weight excluding hydrogens is 338 g/mol. The van der Waals surface area contributed by atoms with Crippen LogP contribution in [0.25, 0.3) is 0 Å². The van der Waals surface area contributed by atoms with Crippen molar-refractivity contribution in [2.24, 2.45) is 0 Å². The first-order chi connectivity index (χ1) is 11.4. The predicted molar refractivity (Wildman–Crippen MR) is 88.3 cm³/mol. The second-order valence-corrected chi connectivity index (χ2v) is 5.83. The molecule has 0 radical (unpaired) electrons. The monoisotopic (exact) mass is 355 g/mol. The Bertz CT molecular complexity index is 679. The van der Waals surface area contributed by atoms with Crippen LogP contribution < -0.4 is 5.32 Å². The van der Waals surface area contributed by atoms with Crippen molar-refractivity contribution in [2.75, 3.05) is 25.5 Å². The molecule has 1 aromatic carbocycles. The molecule has 130 valence electrons. The normalized spacial score (nSPS) is 16.8. The number of hydrogen-bond acceptors (Lipinski definition) is 6. The number of nitrogens with one attached hydrogen (secondary N) is 1. The molecule has 1 heterocycles. The number of carbonyl (C=O) groups is 2. The predicted octanol–water partition coefficient (Wildman–Crippen LogP) is 2.46. The fourth-order valence-electron chi connectivity index (χ4n) is 2.64. The zero-order chi connectivity index (χ0) is 17.9. The van der Waals surface area contributed by atoms with Gasteiger partial charge in [-0.25, -0.2) is 4.79 Å². The highest BCUT2D eigenvalue weighted by molar-refractivity contribution is 6.34. The van der Waals surface area contributed by atoms with E-state index < -0.39 is 10.9 Å². The van der Waals surface area contributed by atoms with Gasteiger partial charge in [0.25, 0.3) is 5.69 Å². The van der Waals surface area contributed by atoms with Gasteiger partial charge in [0.15, 0.2) is 0 Å². The van der Waals surface area contributed by atoms with Gasteiger partial charge in [0.05, 0.1) is 22.6 Å². The zero-order valence-electron chi connectivity index (χ0n) is 13.4. The highest BCUT2D eigenvalue weighted by atomic mass is 35.5. The number of benzene rings is 1. The van der Waals surface area contributed by atoms with Crippen LogP contribution in [-0.4, -0.2) is 47.9 Å². The van der Waals surface area contributed by atoms with E-state index >= 15 is 0 Å². The molecule has 1 aliphatic rings. The first kappa shape index (κ1) is 18.0. The van der Waals surface area contributed by atoms with E-state index in [2.05, 4.69) is 10.1 Å². The van der Waals surface area contributed by atoms with E-state index in [-0.39, 0.29) is 33.9 Å². The molecule has 1 fully saturated rings. The quantitative estimate of drug-likeness (QED) is 0.494. The van der Waals surface area contributed by atoms with Crippen LogP contribution >= 0.6 is 11.6 Å². The second kappa shape index (κ2) is 7.48. The van der Waals surface area contributed by atoms with Crippen LogP contribution in [0.1, 0.15) is 30.1 Å². The van der Waals surface area contributed by atoms with Crippen LogP contribution in [0.2, 0.25) is 5.02 Å². The van der Waals surface area contributed by atoms with Crippen molar-refractivity contribution in [3.63, 3.8) is 0 Å². The molecule has 2 rings (SSSR count). The van der Waals surface area contributed by atoms with Gasteiger partial charge in [-0.15, -0.1) is 0 Å². The molecule has 24 heavy (non-hydrogen) atoms. The second-order valence-electron chi connectivity index (χ2n) is 5.42. The number of esters is 1. The van der Waals surface area contributed by atoms with E-state index in [9.17, 15) is 19.7 Å². The Labute approximate surface area is 143 Å². The highest BCUT2D eigenvalue weighted by Crippen LogP contribution is 2.33. The average Bonchev–Trinajstić information content (AvgIpc) is 3.01. The maximum Gasteiger partial charge on any atom is 0.339 e. The first-order valence-electron chi connectivity index (χ1n) is 7.47. The Kier molecular flexibility index (Phi) is 5.61. The molecule has 0 aliphatic carbocycles. The van der Waals surface area contributed by atoms with Gasteiger partial charge >= 0.3 is 5.97 Å². The Morgan fingerprint density at radius 1 is 1.50 bits per heavy atom. The van der Waals surface area contributed by atoms with Gasteiger partial charge in [0, 0.05) is 31.6 Å². The van der Waals surface area contributed by atoms with E-state index in [0.717, 1.165) is 6.07 Å². The number of rotatable bonds is 5. The number of anilines is 1. The third kappa shape index (κ3) is 3.76. The molecule has 8 nitrogen and oxygen atoms in total. The molecule has 1 atom stereocenters. The summed E-state index contributed by atoms with van der Waals surface area (Å²) in [6, 6.07) is 2.33. The summed E-state index contributed by atoms with van der Waals surface area (Å²) in [5.41, 5.74) is -0.112. The van der Waals surface area contributed by atoms with Crippen LogP contribution in [-0.2, 0) is 9.53 Å². The minimum absolute atomic E-state index is 0.0490. The molecule has 1 aliphatic heterocycles.